The molecule has 140 valence electrons. The molecule has 3 aromatic rings. The average Bonchev–Trinajstić information content (AvgIpc) is 3.12. The van der Waals surface area contributed by atoms with Crippen molar-refractivity contribution < 1.29 is 14.6 Å². The number of nitrogens with one attached hydrogen (secondary N) is 1. The van der Waals surface area contributed by atoms with Gasteiger partial charge >= 0.3 is 5.97 Å². The van der Waals surface area contributed by atoms with Gasteiger partial charge in [0.25, 0.3) is 0 Å². The van der Waals surface area contributed by atoms with E-state index in [1.807, 2.05) is 38.2 Å². The minimum absolute atomic E-state index is 0.275. The van der Waals surface area contributed by atoms with E-state index in [-0.39, 0.29) is 12.6 Å². The number of fused-ring (bicyclic) bond motifs is 2. The summed E-state index contributed by atoms with van der Waals surface area (Å²) in [5.41, 5.74) is 4.51. The third kappa shape index (κ3) is 2.84. The zero-order valence-electron chi connectivity index (χ0n) is 15.6. The number of anilines is 1. The van der Waals surface area contributed by atoms with Gasteiger partial charge in [0.15, 0.2) is 5.65 Å². The Morgan fingerprint density at radius 2 is 2.19 bits per heavy atom. The van der Waals surface area contributed by atoms with Gasteiger partial charge in [-0.1, -0.05) is 24.3 Å². The molecule has 1 aromatic carbocycles. The molecule has 4 rings (SSSR count). The maximum atomic E-state index is 12.5. The quantitative estimate of drug-likeness (QED) is 0.690. The number of aromatic nitrogens is 3. The van der Waals surface area contributed by atoms with Gasteiger partial charge in [-0.25, -0.2) is 9.78 Å². The predicted molar refractivity (Wildman–Crippen MR) is 102 cm³/mol. The molecule has 2 aromatic heterocycles. The largest absolute Gasteiger partial charge is 0.462 e. The van der Waals surface area contributed by atoms with Crippen molar-refractivity contribution in [3.63, 3.8) is 0 Å². The summed E-state index contributed by atoms with van der Waals surface area (Å²) < 4.78 is 6.90. The smallest absolute Gasteiger partial charge is 0.341 e. The Balaban J connectivity index is 1.87. The Hall–Kier alpha value is -2.93. The van der Waals surface area contributed by atoms with Crippen LogP contribution in [0.1, 0.15) is 40.1 Å². The van der Waals surface area contributed by atoms with Crippen LogP contribution in [0, 0.1) is 6.92 Å². The van der Waals surface area contributed by atoms with Crippen molar-refractivity contribution in [2.45, 2.75) is 32.4 Å². The number of rotatable bonds is 4. The number of hydrogen-bond donors (Lipinski definition) is 2. The van der Waals surface area contributed by atoms with Gasteiger partial charge in [-0.2, -0.15) is 5.10 Å². The molecule has 0 bridgehead atoms. The first-order valence-electron chi connectivity index (χ1n) is 9.03. The fourth-order valence-corrected chi connectivity index (χ4v) is 3.83. The Morgan fingerprint density at radius 1 is 1.41 bits per heavy atom. The molecule has 1 aliphatic carbocycles. The first-order chi connectivity index (χ1) is 13.0. The summed E-state index contributed by atoms with van der Waals surface area (Å²) in [6, 6.07) is 7.62. The molecule has 0 fully saturated rings. The van der Waals surface area contributed by atoms with Gasteiger partial charge in [-0.15, -0.1) is 0 Å². The topological polar surface area (TPSA) is 89.3 Å². The number of benzene rings is 1. The summed E-state index contributed by atoms with van der Waals surface area (Å²) in [6.45, 7) is 3.92. The third-order valence-corrected chi connectivity index (χ3v) is 5.03. The predicted octanol–water partition coefficient (Wildman–Crippen LogP) is 2.52. The number of pyridine rings is 1. The van der Waals surface area contributed by atoms with E-state index in [0.717, 1.165) is 22.2 Å². The Morgan fingerprint density at radius 3 is 2.96 bits per heavy atom. The maximum absolute atomic E-state index is 12.5. The molecule has 27 heavy (non-hydrogen) atoms. The molecule has 0 aliphatic heterocycles. The summed E-state index contributed by atoms with van der Waals surface area (Å²) >= 11 is 0. The van der Waals surface area contributed by atoms with E-state index in [1.165, 1.54) is 6.20 Å². The molecule has 0 saturated carbocycles. The van der Waals surface area contributed by atoms with Crippen LogP contribution in [0.2, 0.25) is 0 Å². The van der Waals surface area contributed by atoms with Crippen molar-refractivity contribution in [2.75, 3.05) is 11.9 Å². The van der Waals surface area contributed by atoms with Crippen LogP contribution in [0.15, 0.2) is 30.5 Å². The van der Waals surface area contributed by atoms with Gasteiger partial charge in [0, 0.05) is 19.7 Å². The van der Waals surface area contributed by atoms with E-state index < -0.39 is 12.1 Å². The molecular formula is C20H22N4O3. The van der Waals surface area contributed by atoms with E-state index in [0.29, 0.717) is 23.3 Å². The minimum Gasteiger partial charge on any atom is -0.462 e. The first-order valence-corrected chi connectivity index (χ1v) is 9.03. The SMILES string of the molecule is CCOC(=O)c1cnc2c(c(C)nn2C)c1NC1c2ccccc2CC1O. The second-order valence-corrected chi connectivity index (χ2v) is 6.77. The van der Waals surface area contributed by atoms with Gasteiger partial charge in [-0.05, 0) is 25.0 Å². The first kappa shape index (κ1) is 17.5. The van der Waals surface area contributed by atoms with Gasteiger partial charge < -0.3 is 15.2 Å². The van der Waals surface area contributed by atoms with Crippen molar-refractivity contribution in [2.24, 2.45) is 7.05 Å². The highest BCUT2D eigenvalue weighted by Gasteiger charge is 2.33. The lowest BCUT2D eigenvalue weighted by Gasteiger charge is -2.21. The molecule has 0 amide bonds. The summed E-state index contributed by atoms with van der Waals surface area (Å²) in [5.74, 6) is -0.446. The number of carbonyl (C=O) groups is 1. The zero-order chi connectivity index (χ0) is 19.1. The summed E-state index contributed by atoms with van der Waals surface area (Å²) in [4.78, 5) is 16.9. The molecule has 0 saturated heterocycles. The van der Waals surface area contributed by atoms with E-state index in [2.05, 4.69) is 15.4 Å². The van der Waals surface area contributed by atoms with Gasteiger partial charge in [0.1, 0.15) is 5.56 Å². The van der Waals surface area contributed by atoms with Crippen LogP contribution in [0.3, 0.4) is 0 Å². The van der Waals surface area contributed by atoms with Crippen molar-refractivity contribution in [1.82, 2.24) is 14.8 Å². The van der Waals surface area contributed by atoms with Gasteiger partial charge in [-0.3, -0.25) is 4.68 Å². The summed E-state index contributed by atoms with van der Waals surface area (Å²) in [5, 5.41) is 19.2. The van der Waals surface area contributed by atoms with Crippen LogP contribution < -0.4 is 5.32 Å². The van der Waals surface area contributed by atoms with Crippen molar-refractivity contribution in [3.8, 4) is 0 Å². The Bertz CT molecular complexity index is 1030. The Kier molecular flexibility index (Phi) is 4.31. The van der Waals surface area contributed by atoms with Crippen molar-refractivity contribution in [3.05, 3.63) is 52.8 Å². The number of esters is 1. The van der Waals surface area contributed by atoms with Gasteiger partial charge in [0.2, 0.25) is 0 Å². The minimum atomic E-state index is -0.586. The van der Waals surface area contributed by atoms with Crippen LogP contribution in [0.25, 0.3) is 11.0 Å². The maximum Gasteiger partial charge on any atom is 0.341 e. The van der Waals surface area contributed by atoms with Crippen LogP contribution in [0.4, 0.5) is 5.69 Å². The molecule has 2 unspecified atom stereocenters. The van der Waals surface area contributed by atoms with Crippen LogP contribution in [0.5, 0.6) is 0 Å². The number of nitrogens with zero attached hydrogens (tertiary/aromatic N) is 3. The van der Waals surface area contributed by atoms with Crippen LogP contribution in [-0.2, 0) is 18.2 Å². The molecule has 7 nitrogen and oxygen atoms in total. The molecule has 7 heteroatoms. The lowest BCUT2D eigenvalue weighted by molar-refractivity contribution is 0.0527. The van der Waals surface area contributed by atoms with E-state index in [9.17, 15) is 9.90 Å². The fraction of sp³-hybridized carbons (Fsp3) is 0.350. The van der Waals surface area contributed by atoms with E-state index >= 15 is 0 Å². The molecule has 0 radical (unpaired) electrons. The highest BCUT2D eigenvalue weighted by molar-refractivity contribution is 6.05. The number of hydrogen-bond acceptors (Lipinski definition) is 6. The molecule has 1 aliphatic rings. The lowest BCUT2D eigenvalue weighted by atomic mass is 10.1. The van der Waals surface area contributed by atoms with E-state index in [1.54, 1.807) is 11.6 Å². The third-order valence-electron chi connectivity index (χ3n) is 5.03. The normalized spacial score (nSPS) is 18.5. The monoisotopic (exact) mass is 366 g/mol. The number of ether oxygens (including phenoxy) is 1. The molecule has 0 spiro atoms. The Labute approximate surface area is 157 Å². The summed E-state index contributed by atoms with van der Waals surface area (Å²) in [6.07, 6.45) is 1.50. The van der Waals surface area contributed by atoms with Gasteiger partial charge in [0.05, 0.1) is 35.5 Å². The molecule has 2 heterocycles. The molecule has 2 N–H and O–H groups in total. The zero-order valence-corrected chi connectivity index (χ0v) is 15.6. The number of aryl methyl sites for hydroxylation is 2. The average molecular weight is 366 g/mol. The number of aliphatic hydroxyl groups is 1. The number of aliphatic hydroxyl groups excluding tert-OH is 1. The molecule has 2 atom stereocenters. The van der Waals surface area contributed by atoms with Crippen LogP contribution >= 0.6 is 0 Å². The highest BCUT2D eigenvalue weighted by Crippen LogP contribution is 2.38. The van der Waals surface area contributed by atoms with Crippen molar-refractivity contribution in [1.29, 1.82) is 0 Å². The highest BCUT2D eigenvalue weighted by atomic mass is 16.5. The molecular weight excluding hydrogens is 344 g/mol. The van der Waals surface area contributed by atoms with Crippen molar-refractivity contribution >= 4 is 22.7 Å². The second kappa shape index (κ2) is 6.66. The van der Waals surface area contributed by atoms with Crippen LogP contribution in [-0.4, -0.2) is 38.6 Å². The fourth-order valence-electron chi connectivity index (χ4n) is 3.83. The summed E-state index contributed by atoms with van der Waals surface area (Å²) in [7, 11) is 1.82. The van der Waals surface area contributed by atoms with E-state index in [4.69, 9.17) is 4.74 Å². The number of carbonyl (C=O) groups excluding carboxylic acids is 1. The lowest BCUT2D eigenvalue weighted by Crippen LogP contribution is -2.23. The second-order valence-electron chi connectivity index (χ2n) is 6.77. The standard InChI is InChI=1S/C20H22N4O3/c1-4-27-20(26)14-10-21-19-16(11(2)23-24(19)3)18(14)22-17-13-8-6-5-7-12(13)9-15(17)25/h5-8,10,15,17,25H,4,9H2,1-3H3,(H,21,22).